The molecule has 0 aliphatic carbocycles. The molecule has 0 atom stereocenters. The van der Waals surface area contributed by atoms with Crippen LogP contribution in [0.2, 0.25) is 0 Å². The van der Waals surface area contributed by atoms with E-state index in [-0.39, 0.29) is 4.90 Å². The van der Waals surface area contributed by atoms with Crippen LogP contribution in [0.5, 0.6) is 0 Å². The minimum atomic E-state index is -3.86. The van der Waals surface area contributed by atoms with E-state index in [1.54, 1.807) is 13.8 Å². The van der Waals surface area contributed by atoms with Gasteiger partial charge in [0.1, 0.15) is 6.61 Å². The number of amides is 1. The Morgan fingerprint density at radius 3 is 1.80 bits per heavy atom. The van der Waals surface area contributed by atoms with E-state index in [1.165, 1.54) is 0 Å². The van der Waals surface area contributed by atoms with Gasteiger partial charge in [-0.25, -0.2) is 8.42 Å². The predicted molar refractivity (Wildman–Crippen MR) is 75.6 cm³/mol. The quantitative estimate of drug-likeness (QED) is 0.790. The summed E-state index contributed by atoms with van der Waals surface area (Å²) in [5.74, 6) is -0.752. The van der Waals surface area contributed by atoms with Crippen LogP contribution in [0.3, 0.4) is 0 Å². The van der Waals surface area contributed by atoms with Crippen LogP contribution in [0.1, 0.15) is 27.8 Å². The van der Waals surface area contributed by atoms with Crippen molar-refractivity contribution in [2.24, 2.45) is 5.73 Å². The first-order valence-corrected chi connectivity index (χ1v) is 7.56. The third-order valence-corrected chi connectivity index (χ3v) is 5.07. The van der Waals surface area contributed by atoms with Crippen LogP contribution >= 0.6 is 0 Å². The molecule has 20 heavy (non-hydrogen) atoms. The fourth-order valence-electron chi connectivity index (χ4n) is 2.09. The Kier molecular flexibility index (Phi) is 4.90. The van der Waals surface area contributed by atoms with Gasteiger partial charge in [-0.05, 0) is 62.4 Å². The highest BCUT2D eigenvalue weighted by molar-refractivity contribution is 7.89. The van der Waals surface area contributed by atoms with Crippen molar-refractivity contribution in [3.05, 3.63) is 27.8 Å². The fraction of sp³-hybridized carbons (Fsp3) is 0.462. The third-order valence-electron chi connectivity index (χ3n) is 3.58. The maximum absolute atomic E-state index is 12.3. The van der Waals surface area contributed by atoms with Crippen LogP contribution in [0.25, 0.3) is 0 Å². The second-order valence-electron chi connectivity index (χ2n) is 4.80. The zero-order chi connectivity index (χ0) is 15.7. The van der Waals surface area contributed by atoms with E-state index in [0.717, 1.165) is 16.7 Å². The van der Waals surface area contributed by atoms with Crippen LogP contribution in [-0.2, 0) is 19.7 Å². The van der Waals surface area contributed by atoms with Crippen molar-refractivity contribution >= 4 is 15.9 Å². The van der Waals surface area contributed by atoms with Gasteiger partial charge in [-0.3, -0.25) is 9.63 Å². The molecule has 0 fully saturated rings. The van der Waals surface area contributed by atoms with Gasteiger partial charge in [0.2, 0.25) is 5.91 Å². The van der Waals surface area contributed by atoms with E-state index in [1.807, 2.05) is 25.7 Å². The summed E-state index contributed by atoms with van der Waals surface area (Å²) in [6, 6.07) is 0. The SMILES string of the molecule is Cc1c(C)c(C)c(S(=O)(=O)NOCC(N)=O)c(C)c1C. The van der Waals surface area contributed by atoms with Crippen molar-refractivity contribution < 1.29 is 18.0 Å². The number of benzene rings is 1. The Balaban J connectivity index is 3.29. The molecule has 7 heteroatoms. The van der Waals surface area contributed by atoms with Crippen molar-refractivity contribution in [1.82, 2.24) is 4.89 Å². The van der Waals surface area contributed by atoms with Crippen LogP contribution in [-0.4, -0.2) is 20.9 Å². The lowest BCUT2D eigenvalue weighted by atomic mass is 9.95. The predicted octanol–water partition coefficient (Wildman–Crippen LogP) is 0.924. The van der Waals surface area contributed by atoms with Crippen molar-refractivity contribution in [2.75, 3.05) is 6.61 Å². The molecule has 112 valence electrons. The zero-order valence-corrected chi connectivity index (χ0v) is 13.1. The fourth-order valence-corrected chi connectivity index (χ4v) is 3.50. The number of sulfonamides is 1. The molecule has 1 aromatic rings. The van der Waals surface area contributed by atoms with Gasteiger partial charge < -0.3 is 5.73 Å². The average molecular weight is 300 g/mol. The van der Waals surface area contributed by atoms with E-state index < -0.39 is 22.5 Å². The summed E-state index contributed by atoms with van der Waals surface area (Å²) < 4.78 is 24.6. The molecule has 0 aliphatic heterocycles. The first kappa shape index (κ1) is 16.6. The molecular formula is C13H20N2O4S. The molecule has 3 N–H and O–H groups in total. The second kappa shape index (κ2) is 5.90. The van der Waals surface area contributed by atoms with Gasteiger partial charge in [0.05, 0.1) is 4.90 Å². The average Bonchev–Trinajstić information content (AvgIpc) is 2.33. The van der Waals surface area contributed by atoms with Gasteiger partial charge in [0.25, 0.3) is 10.0 Å². The Morgan fingerprint density at radius 1 is 1.00 bits per heavy atom. The zero-order valence-electron chi connectivity index (χ0n) is 12.3. The molecular weight excluding hydrogens is 280 g/mol. The van der Waals surface area contributed by atoms with Crippen LogP contribution in [0, 0.1) is 34.6 Å². The molecule has 1 amide bonds. The molecule has 0 unspecified atom stereocenters. The largest absolute Gasteiger partial charge is 0.368 e. The number of primary amides is 1. The number of hydrogen-bond donors (Lipinski definition) is 2. The lowest BCUT2D eigenvalue weighted by Gasteiger charge is -2.18. The summed E-state index contributed by atoms with van der Waals surface area (Å²) in [5.41, 5.74) is 9.13. The number of nitrogens with one attached hydrogen (secondary N) is 1. The normalized spacial score (nSPS) is 11.7. The topological polar surface area (TPSA) is 98.5 Å². The minimum absolute atomic E-state index is 0.183. The molecule has 0 heterocycles. The highest BCUT2D eigenvalue weighted by atomic mass is 32.2. The molecule has 0 spiro atoms. The van der Waals surface area contributed by atoms with Crippen molar-refractivity contribution in [1.29, 1.82) is 0 Å². The summed E-state index contributed by atoms with van der Waals surface area (Å²) in [5, 5.41) is 0. The molecule has 0 saturated heterocycles. The maximum Gasteiger partial charge on any atom is 0.263 e. The van der Waals surface area contributed by atoms with Crippen molar-refractivity contribution in [3.8, 4) is 0 Å². The lowest BCUT2D eigenvalue weighted by Crippen LogP contribution is -2.30. The smallest absolute Gasteiger partial charge is 0.263 e. The van der Waals surface area contributed by atoms with Gasteiger partial charge in [-0.1, -0.05) is 4.89 Å². The molecule has 1 aromatic carbocycles. The van der Waals surface area contributed by atoms with Gasteiger partial charge in [0, 0.05) is 0 Å². The molecule has 0 saturated carbocycles. The molecule has 0 aliphatic rings. The highest BCUT2D eigenvalue weighted by Crippen LogP contribution is 2.29. The van der Waals surface area contributed by atoms with Crippen molar-refractivity contribution in [2.45, 2.75) is 39.5 Å². The number of nitrogens with two attached hydrogens (primary N) is 1. The first-order valence-electron chi connectivity index (χ1n) is 6.08. The Hall–Kier alpha value is -1.44. The summed E-state index contributed by atoms with van der Waals surface area (Å²) in [4.78, 5) is 17.3. The molecule has 0 radical (unpaired) electrons. The Labute approximate surface area is 119 Å². The maximum atomic E-state index is 12.3. The van der Waals surface area contributed by atoms with Gasteiger partial charge >= 0.3 is 0 Å². The number of carbonyl (C=O) groups excluding carboxylic acids is 1. The van der Waals surface area contributed by atoms with E-state index >= 15 is 0 Å². The highest BCUT2D eigenvalue weighted by Gasteiger charge is 2.23. The third kappa shape index (κ3) is 3.17. The minimum Gasteiger partial charge on any atom is -0.368 e. The lowest BCUT2D eigenvalue weighted by molar-refractivity contribution is -0.123. The van der Waals surface area contributed by atoms with Crippen molar-refractivity contribution in [3.63, 3.8) is 0 Å². The second-order valence-corrected chi connectivity index (χ2v) is 6.38. The Bertz CT molecular complexity index is 622. The van der Waals surface area contributed by atoms with Gasteiger partial charge in [-0.15, -0.1) is 0 Å². The van der Waals surface area contributed by atoms with E-state index in [2.05, 4.69) is 4.84 Å². The van der Waals surface area contributed by atoms with Crippen LogP contribution in [0.4, 0.5) is 0 Å². The van der Waals surface area contributed by atoms with Crippen LogP contribution < -0.4 is 10.6 Å². The summed E-state index contributed by atoms with van der Waals surface area (Å²) in [6.07, 6.45) is 0. The van der Waals surface area contributed by atoms with E-state index in [4.69, 9.17) is 5.73 Å². The summed E-state index contributed by atoms with van der Waals surface area (Å²) in [7, 11) is -3.86. The van der Waals surface area contributed by atoms with E-state index in [0.29, 0.717) is 11.1 Å². The van der Waals surface area contributed by atoms with Gasteiger partial charge in [-0.2, -0.15) is 0 Å². The van der Waals surface area contributed by atoms with Gasteiger partial charge in [0.15, 0.2) is 0 Å². The monoisotopic (exact) mass is 300 g/mol. The molecule has 0 aromatic heterocycles. The number of hydrogen-bond acceptors (Lipinski definition) is 4. The Morgan fingerprint density at radius 2 is 1.40 bits per heavy atom. The summed E-state index contributed by atoms with van der Waals surface area (Å²) in [6.45, 7) is 8.69. The molecule has 6 nitrogen and oxygen atoms in total. The first-order chi connectivity index (χ1) is 9.09. The molecule has 1 rings (SSSR count). The summed E-state index contributed by atoms with van der Waals surface area (Å²) >= 11 is 0. The standard InChI is InChI=1S/C13H20N2O4S/c1-7-8(2)10(4)13(11(5)9(7)3)20(17,18)15-19-6-12(14)16/h15H,6H2,1-5H3,(H2,14,16). The molecule has 0 bridgehead atoms. The number of carbonyl (C=O) groups is 1. The van der Waals surface area contributed by atoms with Crippen LogP contribution in [0.15, 0.2) is 4.90 Å². The van der Waals surface area contributed by atoms with E-state index in [9.17, 15) is 13.2 Å². The number of rotatable bonds is 5.